The Morgan fingerprint density at radius 3 is 2.67 bits per heavy atom. The van der Waals surface area contributed by atoms with E-state index in [4.69, 9.17) is 23.2 Å². The minimum absolute atomic E-state index is 0.00471. The van der Waals surface area contributed by atoms with Crippen LogP contribution in [0.1, 0.15) is 23.2 Å². The highest BCUT2D eigenvalue weighted by atomic mass is 35.5. The molecule has 2 rings (SSSR count). The Balaban J connectivity index is 2.06. The molecule has 0 radical (unpaired) electrons. The van der Waals surface area contributed by atoms with Gasteiger partial charge in [-0.15, -0.1) is 0 Å². The van der Waals surface area contributed by atoms with Crippen LogP contribution in [0.5, 0.6) is 0 Å². The van der Waals surface area contributed by atoms with Gasteiger partial charge >= 0.3 is 0 Å². The van der Waals surface area contributed by atoms with Crippen molar-refractivity contribution in [2.75, 3.05) is 18.1 Å². The van der Waals surface area contributed by atoms with E-state index >= 15 is 0 Å². The first-order valence-electron chi connectivity index (χ1n) is 6.48. The van der Waals surface area contributed by atoms with Crippen molar-refractivity contribution in [3.63, 3.8) is 0 Å². The average molecular weight is 349 g/mol. The number of hydrogen-bond acceptors (Lipinski definition) is 4. The smallest absolute Gasteiger partial charge is 0.290 e. The van der Waals surface area contributed by atoms with Crippen molar-refractivity contribution in [1.82, 2.24) is 5.32 Å². The third kappa shape index (κ3) is 4.25. The summed E-state index contributed by atoms with van der Waals surface area (Å²) < 4.78 is 0. The Bertz CT molecular complexity index is 563. The van der Waals surface area contributed by atoms with Crippen LogP contribution in [-0.4, -0.2) is 28.9 Å². The third-order valence-corrected chi connectivity index (χ3v) is 5.20. The molecule has 1 N–H and O–H groups in total. The first-order valence-corrected chi connectivity index (χ1v) is 8.39. The average Bonchev–Trinajstić information content (AvgIpc) is 2.48. The summed E-state index contributed by atoms with van der Waals surface area (Å²) in [6.45, 7) is 0.577. The second-order valence-corrected chi connectivity index (χ2v) is 6.82. The Hall–Kier alpha value is -0.980. The van der Waals surface area contributed by atoms with E-state index in [1.54, 1.807) is 0 Å². The number of thioether (sulfide) groups is 1. The highest BCUT2D eigenvalue weighted by molar-refractivity contribution is 7.99. The topological polar surface area (TPSA) is 72.2 Å². The van der Waals surface area contributed by atoms with Crippen LogP contribution in [0.4, 0.5) is 5.69 Å². The monoisotopic (exact) mass is 348 g/mol. The number of halogens is 2. The number of rotatable bonds is 4. The molecule has 0 aromatic heterocycles. The lowest BCUT2D eigenvalue weighted by molar-refractivity contribution is -0.384. The molecule has 0 bridgehead atoms. The first-order chi connectivity index (χ1) is 9.99. The van der Waals surface area contributed by atoms with E-state index < -0.39 is 4.92 Å². The highest BCUT2D eigenvalue weighted by Crippen LogP contribution is 2.33. The van der Waals surface area contributed by atoms with Crippen molar-refractivity contribution in [3.05, 3.63) is 37.9 Å². The Kier molecular flexibility index (Phi) is 5.72. The van der Waals surface area contributed by atoms with E-state index in [9.17, 15) is 14.9 Å². The standard InChI is InChI=1S/C13H14Cl2N2O3S/c14-10-5-9(6-11(12(10)15)17(19)20)13(18)16-7-8-1-3-21-4-2-8/h5-6,8H,1-4,7H2,(H,16,18). The van der Waals surface area contributed by atoms with Crippen LogP contribution >= 0.6 is 35.0 Å². The number of nitro benzene ring substituents is 1. The van der Waals surface area contributed by atoms with Crippen molar-refractivity contribution in [2.45, 2.75) is 12.8 Å². The van der Waals surface area contributed by atoms with E-state index in [2.05, 4.69) is 5.32 Å². The molecule has 1 aliphatic rings. The number of carbonyl (C=O) groups is 1. The normalized spacial score (nSPS) is 15.7. The minimum atomic E-state index is -0.649. The zero-order valence-electron chi connectivity index (χ0n) is 11.1. The van der Waals surface area contributed by atoms with Crippen molar-refractivity contribution >= 4 is 46.6 Å². The van der Waals surface area contributed by atoms with Gasteiger partial charge in [-0.25, -0.2) is 0 Å². The maximum Gasteiger partial charge on any atom is 0.290 e. The van der Waals surface area contributed by atoms with Gasteiger partial charge in [-0.2, -0.15) is 11.8 Å². The molecule has 5 nitrogen and oxygen atoms in total. The summed E-state index contributed by atoms with van der Waals surface area (Å²) in [5.41, 5.74) is -0.204. The molecule has 0 unspecified atom stereocenters. The summed E-state index contributed by atoms with van der Waals surface area (Å²) >= 11 is 13.5. The van der Waals surface area contributed by atoms with Crippen LogP contribution in [0.2, 0.25) is 10.0 Å². The quantitative estimate of drug-likeness (QED) is 0.663. The van der Waals surface area contributed by atoms with Crippen molar-refractivity contribution in [1.29, 1.82) is 0 Å². The fourth-order valence-electron chi connectivity index (χ4n) is 2.13. The Morgan fingerprint density at radius 2 is 2.05 bits per heavy atom. The summed E-state index contributed by atoms with van der Waals surface area (Å²) in [7, 11) is 0. The summed E-state index contributed by atoms with van der Waals surface area (Å²) in [6, 6.07) is 2.50. The second-order valence-electron chi connectivity index (χ2n) is 4.81. The van der Waals surface area contributed by atoms with E-state index in [1.165, 1.54) is 6.07 Å². The lowest BCUT2D eigenvalue weighted by Crippen LogP contribution is -2.31. The summed E-state index contributed by atoms with van der Waals surface area (Å²) in [5, 5.41) is 13.5. The predicted molar refractivity (Wildman–Crippen MR) is 85.5 cm³/mol. The van der Waals surface area contributed by atoms with Gasteiger partial charge in [0, 0.05) is 18.2 Å². The molecule has 0 aliphatic carbocycles. The van der Waals surface area contributed by atoms with Gasteiger partial charge in [0.05, 0.1) is 9.95 Å². The molecule has 1 fully saturated rings. The zero-order valence-corrected chi connectivity index (χ0v) is 13.4. The van der Waals surface area contributed by atoms with Crippen LogP contribution in [0.3, 0.4) is 0 Å². The zero-order chi connectivity index (χ0) is 15.4. The van der Waals surface area contributed by atoms with Crippen LogP contribution in [-0.2, 0) is 0 Å². The van der Waals surface area contributed by atoms with E-state index in [1.807, 2.05) is 11.8 Å². The molecular formula is C13H14Cl2N2O3S. The Labute approximate surface area is 136 Å². The second kappa shape index (κ2) is 7.33. The molecule has 0 spiro atoms. The molecule has 21 heavy (non-hydrogen) atoms. The van der Waals surface area contributed by atoms with Gasteiger partial charge in [-0.05, 0) is 36.3 Å². The van der Waals surface area contributed by atoms with Gasteiger partial charge in [0.2, 0.25) is 0 Å². The molecular weight excluding hydrogens is 335 g/mol. The summed E-state index contributed by atoms with van der Waals surface area (Å²) in [5.74, 6) is 2.32. The van der Waals surface area contributed by atoms with Crippen molar-refractivity contribution in [2.24, 2.45) is 5.92 Å². The molecule has 1 aromatic carbocycles. The lowest BCUT2D eigenvalue weighted by atomic mass is 10.0. The molecule has 114 valence electrons. The van der Waals surface area contributed by atoms with Gasteiger partial charge in [-0.3, -0.25) is 14.9 Å². The molecule has 1 heterocycles. The van der Waals surface area contributed by atoms with Gasteiger partial charge in [0.15, 0.2) is 0 Å². The molecule has 1 aliphatic heterocycles. The number of carbonyl (C=O) groups excluding carboxylic acids is 1. The molecule has 0 atom stereocenters. The molecule has 0 saturated carbocycles. The van der Waals surface area contributed by atoms with Crippen molar-refractivity contribution in [3.8, 4) is 0 Å². The van der Waals surface area contributed by atoms with Gasteiger partial charge in [0.25, 0.3) is 11.6 Å². The largest absolute Gasteiger partial charge is 0.352 e. The van der Waals surface area contributed by atoms with Crippen LogP contribution < -0.4 is 5.32 Å². The Morgan fingerprint density at radius 1 is 1.38 bits per heavy atom. The van der Waals surface area contributed by atoms with Crippen LogP contribution in [0.15, 0.2) is 12.1 Å². The highest BCUT2D eigenvalue weighted by Gasteiger charge is 2.21. The lowest BCUT2D eigenvalue weighted by Gasteiger charge is -2.21. The molecule has 8 heteroatoms. The fraction of sp³-hybridized carbons (Fsp3) is 0.462. The van der Waals surface area contributed by atoms with E-state index in [0.29, 0.717) is 12.5 Å². The van der Waals surface area contributed by atoms with Gasteiger partial charge in [-0.1, -0.05) is 23.2 Å². The third-order valence-electron chi connectivity index (χ3n) is 3.36. The van der Waals surface area contributed by atoms with Crippen molar-refractivity contribution < 1.29 is 9.72 Å². The minimum Gasteiger partial charge on any atom is -0.352 e. The number of nitrogens with one attached hydrogen (secondary N) is 1. The summed E-state index contributed by atoms with van der Waals surface area (Å²) in [4.78, 5) is 22.3. The number of nitro groups is 1. The van der Waals surface area contributed by atoms with Crippen LogP contribution in [0.25, 0.3) is 0 Å². The van der Waals surface area contributed by atoms with Gasteiger partial charge in [0.1, 0.15) is 5.02 Å². The molecule has 1 amide bonds. The molecule has 1 saturated heterocycles. The number of amides is 1. The van der Waals surface area contributed by atoms with Crippen LogP contribution in [0, 0.1) is 16.0 Å². The maximum absolute atomic E-state index is 12.1. The molecule has 1 aromatic rings. The van der Waals surface area contributed by atoms with E-state index in [-0.39, 0.29) is 27.2 Å². The fourth-order valence-corrected chi connectivity index (χ4v) is 3.72. The summed E-state index contributed by atoms with van der Waals surface area (Å²) in [6.07, 6.45) is 2.15. The predicted octanol–water partition coefficient (Wildman–Crippen LogP) is 3.77. The maximum atomic E-state index is 12.1. The van der Waals surface area contributed by atoms with Gasteiger partial charge < -0.3 is 5.32 Å². The number of nitrogens with zero attached hydrogens (tertiary/aromatic N) is 1. The first kappa shape index (κ1) is 16.4. The number of benzene rings is 1. The SMILES string of the molecule is O=C(NCC1CCSCC1)c1cc(Cl)c(Cl)c([N+](=O)[O-])c1. The number of hydrogen-bond donors (Lipinski definition) is 1. The van der Waals surface area contributed by atoms with E-state index in [0.717, 1.165) is 30.4 Å².